The average Bonchev–Trinajstić information content (AvgIpc) is 3.28. The van der Waals surface area contributed by atoms with Gasteiger partial charge in [0.1, 0.15) is 0 Å². The molecule has 0 aromatic rings. The van der Waals surface area contributed by atoms with Crippen LogP contribution in [0.15, 0.2) is 0 Å². The van der Waals surface area contributed by atoms with Crippen LogP contribution in [0.3, 0.4) is 0 Å². The Morgan fingerprint density at radius 3 is 2.47 bits per heavy atom. The normalized spacial score (nSPS) is 23.5. The molecule has 4 nitrogen and oxygen atoms in total. The van der Waals surface area contributed by atoms with E-state index in [-0.39, 0.29) is 5.91 Å². The Kier molecular flexibility index (Phi) is 5.22. The molecular weight excluding hydrogens is 240 g/mol. The van der Waals surface area contributed by atoms with Gasteiger partial charge in [0.25, 0.3) is 0 Å². The lowest BCUT2D eigenvalue weighted by Gasteiger charge is -2.35. The summed E-state index contributed by atoms with van der Waals surface area (Å²) in [6, 6.07) is 1.15. The van der Waals surface area contributed by atoms with Crippen molar-refractivity contribution in [1.82, 2.24) is 9.80 Å². The summed E-state index contributed by atoms with van der Waals surface area (Å²) in [6.07, 6.45) is 3.70. The molecule has 19 heavy (non-hydrogen) atoms. The van der Waals surface area contributed by atoms with Crippen molar-refractivity contribution in [1.29, 1.82) is 0 Å². The molecule has 2 aliphatic rings. The van der Waals surface area contributed by atoms with Crippen molar-refractivity contribution < 1.29 is 9.53 Å². The molecule has 2 fully saturated rings. The highest BCUT2D eigenvalue weighted by molar-refractivity contribution is 5.78. The van der Waals surface area contributed by atoms with E-state index in [0.29, 0.717) is 37.8 Å². The molecule has 1 amide bonds. The highest BCUT2D eigenvalue weighted by Crippen LogP contribution is 2.31. The molecule has 0 radical (unpaired) electrons. The van der Waals surface area contributed by atoms with Crippen LogP contribution in [0.1, 0.15) is 40.0 Å². The van der Waals surface area contributed by atoms with Gasteiger partial charge in [-0.1, -0.05) is 20.3 Å². The van der Waals surface area contributed by atoms with Crippen LogP contribution in [-0.2, 0) is 9.53 Å². The minimum atomic E-state index is 0.283. The number of nitrogens with zero attached hydrogens (tertiary/aromatic N) is 2. The van der Waals surface area contributed by atoms with E-state index >= 15 is 0 Å². The maximum atomic E-state index is 12.4. The van der Waals surface area contributed by atoms with Gasteiger partial charge in [-0.25, -0.2) is 0 Å². The third-order valence-corrected chi connectivity index (χ3v) is 4.69. The van der Waals surface area contributed by atoms with Gasteiger partial charge >= 0.3 is 0 Å². The van der Waals surface area contributed by atoms with Gasteiger partial charge in [-0.05, 0) is 25.7 Å². The number of morpholine rings is 1. The quantitative estimate of drug-likeness (QED) is 0.735. The van der Waals surface area contributed by atoms with E-state index in [4.69, 9.17) is 4.74 Å². The number of carbonyl (C=O) groups excluding carboxylic acids is 1. The van der Waals surface area contributed by atoms with Gasteiger partial charge in [-0.2, -0.15) is 0 Å². The van der Waals surface area contributed by atoms with Crippen LogP contribution in [0.5, 0.6) is 0 Å². The summed E-state index contributed by atoms with van der Waals surface area (Å²) in [7, 11) is 0. The van der Waals surface area contributed by atoms with Crippen LogP contribution >= 0.6 is 0 Å². The van der Waals surface area contributed by atoms with Gasteiger partial charge in [0.2, 0.25) is 5.91 Å². The van der Waals surface area contributed by atoms with Gasteiger partial charge in [0.15, 0.2) is 0 Å². The monoisotopic (exact) mass is 268 g/mol. The van der Waals surface area contributed by atoms with Crippen LogP contribution in [-0.4, -0.2) is 60.6 Å². The molecule has 0 aromatic heterocycles. The molecule has 1 saturated heterocycles. The van der Waals surface area contributed by atoms with Crippen LogP contribution in [0.25, 0.3) is 0 Å². The number of hydrogen-bond donors (Lipinski definition) is 0. The molecule has 110 valence electrons. The predicted octanol–water partition coefficient (Wildman–Crippen LogP) is 1.74. The SMILES string of the molecule is CC[C@H](C)[C@H](C)N(CC(=O)N1CCOCC1)C1CC1. The first-order valence-electron chi connectivity index (χ1n) is 7.74. The minimum absolute atomic E-state index is 0.283. The second kappa shape index (κ2) is 6.71. The number of hydrogen-bond acceptors (Lipinski definition) is 3. The van der Waals surface area contributed by atoms with Gasteiger partial charge in [0.05, 0.1) is 19.8 Å². The van der Waals surface area contributed by atoms with Crippen LogP contribution < -0.4 is 0 Å². The highest BCUT2D eigenvalue weighted by Gasteiger charge is 2.35. The van der Waals surface area contributed by atoms with Crippen molar-refractivity contribution in [3.05, 3.63) is 0 Å². The summed E-state index contributed by atoms with van der Waals surface area (Å²) in [4.78, 5) is 16.8. The Labute approximate surface area is 117 Å². The van der Waals surface area contributed by atoms with Gasteiger partial charge in [-0.3, -0.25) is 9.69 Å². The second-order valence-electron chi connectivity index (χ2n) is 6.02. The third-order valence-electron chi connectivity index (χ3n) is 4.69. The van der Waals surface area contributed by atoms with E-state index in [9.17, 15) is 4.79 Å². The molecule has 0 aromatic carbocycles. The zero-order valence-electron chi connectivity index (χ0n) is 12.6. The fourth-order valence-corrected chi connectivity index (χ4v) is 2.75. The predicted molar refractivity (Wildman–Crippen MR) is 76.0 cm³/mol. The standard InChI is InChI=1S/C15H28N2O2/c1-4-12(2)13(3)17(14-5-6-14)11-15(18)16-7-9-19-10-8-16/h12-14H,4-11H2,1-3H3/t12-,13-/m0/s1. The fourth-order valence-electron chi connectivity index (χ4n) is 2.75. The summed E-state index contributed by atoms with van der Waals surface area (Å²) >= 11 is 0. The molecule has 0 bridgehead atoms. The van der Waals surface area contributed by atoms with Crippen molar-refractivity contribution in [2.45, 2.75) is 52.1 Å². The second-order valence-corrected chi connectivity index (χ2v) is 6.02. The molecule has 0 N–H and O–H groups in total. The van der Waals surface area contributed by atoms with Crippen molar-refractivity contribution in [3.8, 4) is 0 Å². The first-order valence-corrected chi connectivity index (χ1v) is 7.74. The molecule has 1 heterocycles. The van der Waals surface area contributed by atoms with Crippen molar-refractivity contribution in [2.24, 2.45) is 5.92 Å². The number of rotatable bonds is 6. The zero-order chi connectivity index (χ0) is 13.8. The minimum Gasteiger partial charge on any atom is -0.378 e. The zero-order valence-corrected chi connectivity index (χ0v) is 12.6. The smallest absolute Gasteiger partial charge is 0.236 e. The van der Waals surface area contributed by atoms with Gasteiger partial charge in [0, 0.05) is 25.2 Å². The van der Waals surface area contributed by atoms with Gasteiger partial charge in [-0.15, -0.1) is 0 Å². The number of amides is 1. The van der Waals surface area contributed by atoms with E-state index < -0.39 is 0 Å². The molecule has 0 spiro atoms. The van der Waals surface area contributed by atoms with Gasteiger partial charge < -0.3 is 9.64 Å². The van der Waals surface area contributed by atoms with Crippen LogP contribution in [0.2, 0.25) is 0 Å². The summed E-state index contributed by atoms with van der Waals surface area (Å²) < 4.78 is 5.31. The van der Waals surface area contributed by atoms with E-state index in [2.05, 4.69) is 25.7 Å². The van der Waals surface area contributed by atoms with Crippen LogP contribution in [0.4, 0.5) is 0 Å². The van der Waals surface area contributed by atoms with E-state index in [0.717, 1.165) is 13.1 Å². The topological polar surface area (TPSA) is 32.8 Å². The lowest BCUT2D eigenvalue weighted by atomic mass is 9.99. The lowest BCUT2D eigenvalue weighted by molar-refractivity contribution is -0.137. The summed E-state index contributed by atoms with van der Waals surface area (Å²) in [5, 5.41) is 0. The average molecular weight is 268 g/mol. The Balaban J connectivity index is 1.90. The van der Waals surface area contributed by atoms with Crippen molar-refractivity contribution in [2.75, 3.05) is 32.8 Å². The molecule has 1 saturated carbocycles. The number of ether oxygens (including phenoxy) is 1. The van der Waals surface area contributed by atoms with Crippen LogP contribution in [0, 0.1) is 5.92 Å². The highest BCUT2D eigenvalue weighted by atomic mass is 16.5. The first-order chi connectivity index (χ1) is 9.13. The maximum absolute atomic E-state index is 12.4. The molecule has 2 rings (SSSR count). The molecule has 1 aliphatic carbocycles. The van der Waals surface area contributed by atoms with Crippen molar-refractivity contribution in [3.63, 3.8) is 0 Å². The molecule has 0 unspecified atom stereocenters. The Bertz CT molecular complexity index is 299. The lowest BCUT2D eigenvalue weighted by Crippen LogP contribution is -2.49. The summed E-state index contributed by atoms with van der Waals surface area (Å²) in [6.45, 7) is 10.3. The summed E-state index contributed by atoms with van der Waals surface area (Å²) in [5.41, 5.74) is 0. The molecule has 1 aliphatic heterocycles. The Hall–Kier alpha value is -0.610. The maximum Gasteiger partial charge on any atom is 0.236 e. The fraction of sp³-hybridized carbons (Fsp3) is 0.933. The van der Waals surface area contributed by atoms with E-state index in [1.54, 1.807) is 0 Å². The number of carbonyl (C=O) groups is 1. The van der Waals surface area contributed by atoms with Crippen molar-refractivity contribution >= 4 is 5.91 Å². The Morgan fingerprint density at radius 2 is 1.95 bits per heavy atom. The Morgan fingerprint density at radius 1 is 1.32 bits per heavy atom. The largest absolute Gasteiger partial charge is 0.378 e. The summed E-state index contributed by atoms with van der Waals surface area (Å²) in [5.74, 6) is 0.934. The van der Waals surface area contributed by atoms with E-state index in [1.807, 2.05) is 4.90 Å². The first kappa shape index (κ1) is 14.8. The molecule has 2 atom stereocenters. The molecule has 4 heteroatoms. The molecular formula is C15H28N2O2. The third kappa shape index (κ3) is 3.93. The van der Waals surface area contributed by atoms with E-state index in [1.165, 1.54) is 19.3 Å².